The first-order chi connectivity index (χ1) is 10.0. The summed E-state index contributed by atoms with van der Waals surface area (Å²) in [5.74, 6) is -0.980. The van der Waals surface area contributed by atoms with Crippen LogP contribution in [-0.4, -0.2) is 34.2 Å². The third-order valence-electron chi connectivity index (χ3n) is 3.38. The van der Waals surface area contributed by atoms with Crippen molar-refractivity contribution in [3.63, 3.8) is 0 Å². The minimum Gasteiger partial charge on any atom is -0.381 e. The number of halogens is 2. The molecule has 0 saturated carbocycles. The summed E-state index contributed by atoms with van der Waals surface area (Å²) in [5, 5.41) is 5.32. The van der Waals surface area contributed by atoms with E-state index in [0.29, 0.717) is 30.9 Å². The van der Waals surface area contributed by atoms with Crippen LogP contribution < -0.4 is 10.6 Å². The molecule has 0 radical (unpaired) electrons. The van der Waals surface area contributed by atoms with Crippen LogP contribution in [0.15, 0.2) is 12.1 Å². The van der Waals surface area contributed by atoms with Crippen LogP contribution in [0, 0.1) is 11.6 Å². The Labute approximate surface area is 124 Å². The van der Waals surface area contributed by atoms with Crippen LogP contribution in [0.1, 0.15) is 30.1 Å². The normalized spacial score (nSPS) is 21.9. The van der Waals surface area contributed by atoms with E-state index in [1.165, 1.54) is 0 Å². The largest absolute Gasteiger partial charge is 0.381 e. The molecule has 2 rings (SSSR count). The molecular weight excluding hydrogens is 298 g/mol. The van der Waals surface area contributed by atoms with Crippen molar-refractivity contribution in [3.8, 4) is 0 Å². The summed E-state index contributed by atoms with van der Waals surface area (Å²) in [7, 11) is -0.813. The van der Waals surface area contributed by atoms with Gasteiger partial charge < -0.3 is 10.6 Å². The molecule has 4 nitrogen and oxygen atoms in total. The molecule has 21 heavy (non-hydrogen) atoms. The average Bonchev–Trinajstić information content (AvgIpc) is 2.45. The van der Waals surface area contributed by atoms with Crippen molar-refractivity contribution in [1.29, 1.82) is 0 Å². The molecule has 0 bridgehead atoms. The number of carbonyl (C=O) groups is 1. The number of amides is 1. The van der Waals surface area contributed by atoms with Gasteiger partial charge in [-0.2, -0.15) is 0 Å². The third kappa shape index (κ3) is 4.00. The molecule has 116 valence electrons. The predicted octanol–water partition coefficient (Wildman–Crippen LogP) is 2.04. The Morgan fingerprint density at radius 2 is 1.86 bits per heavy atom. The highest BCUT2D eigenvalue weighted by atomic mass is 32.2. The Balaban J connectivity index is 2.07. The van der Waals surface area contributed by atoms with E-state index in [0.717, 1.165) is 12.1 Å². The van der Waals surface area contributed by atoms with Gasteiger partial charge >= 0.3 is 0 Å². The molecule has 1 aliphatic rings. The van der Waals surface area contributed by atoms with E-state index < -0.39 is 28.3 Å². The second-order valence-corrected chi connectivity index (χ2v) is 6.64. The number of carbonyl (C=O) groups excluding carboxylic acids is 1. The Kier molecular flexibility index (Phi) is 5.27. The van der Waals surface area contributed by atoms with Crippen LogP contribution in [-0.2, 0) is 10.8 Å². The van der Waals surface area contributed by atoms with Gasteiger partial charge in [0.05, 0.1) is 0 Å². The average molecular weight is 316 g/mol. The van der Waals surface area contributed by atoms with Crippen LogP contribution in [0.25, 0.3) is 0 Å². The molecule has 1 amide bonds. The summed E-state index contributed by atoms with van der Waals surface area (Å²) in [4.78, 5) is 12.0. The Morgan fingerprint density at radius 1 is 1.29 bits per heavy atom. The first-order valence-corrected chi connectivity index (χ1v) is 8.38. The van der Waals surface area contributed by atoms with Crippen LogP contribution in [0.4, 0.5) is 14.5 Å². The van der Waals surface area contributed by atoms with Gasteiger partial charge in [0.15, 0.2) is 0 Å². The number of benzene rings is 1. The van der Waals surface area contributed by atoms with E-state index in [2.05, 4.69) is 10.6 Å². The zero-order valence-electron chi connectivity index (χ0n) is 11.7. The van der Waals surface area contributed by atoms with Crippen LogP contribution >= 0.6 is 0 Å². The second-order valence-electron chi connectivity index (χ2n) is 4.94. The fraction of sp³-hybridized carbons (Fsp3) is 0.500. The second kappa shape index (κ2) is 6.98. The van der Waals surface area contributed by atoms with E-state index >= 15 is 0 Å². The first kappa shape index (κ1) is 15.9. The number of hydrogen-bond acceptors (Lipinski definition) is 3. The molecule has 1 fully saturated rings. The molecule has 1 heterocycles. The van der Waals surface area contributed by atoms with E-state index in [-0.39, 0.29) is 17.3 Å². The van der Waals surface area contributed by atoms with Gasteiger partial charge in [0, 0.05) is 40.5 Å². The van der Waals surface area contributed by atoms with Crippen LogP contribution in [0.2, 0.25) is 0 Å². The quantitative estimate of drug-likeness (QED) is 0.894. The van der Waals surface area contributed by atoms with Gasteiger partial charge in [-0.3, -0.25) is 9.00 Å². The molecule has 0 aromatic heterocycles. The molecule has 2 N–H and O–H groups in total. The smallest absolute Gasteiger partial charge is 0.251 e. The van der Waals surface area contributed by atoms with Crippen molar-refractivity contribution in [2.24, 2.45) is 0 Å². The van der Waals surface area contributed by atoms with E-state index in [1.807, 2.05) is 0 Å². The van der Waals surface area contributed by atoms with E-state index in [1.54, 1.807) is 6.92 Å². The molecule has 1 aromatic rings. The molecule has 1 aromatic carbocycles. The lowest BCUT2D eigenvalue weighted by atomic mass is 10.1. The van der Waals surface area contributed by atoms with Crippen molar-refractivity contribution in [1.82, 2.24) is 5.32 Å². The van der Waals surface area contributed by atoms with Gasteiger partial charge in [-0.15, -0.1) is 0 Å². The number of nitrogens with one attached hydrogen (secondary N) is 2. The topological polar surface area (TPSA) is 58.2 Å². The minimum atomic E-state index is -0.813. The fourth-order valence-corrected chi connectivity index (χ4v) is 3.56. The summed E-state index contributed by atoms with van der Waals surface area (Å²) in [6, 6.07) is 1.96. The maximum absolute atomic E-state index is 13.8. The lowest BCUT2D eigenvalue weighted by molar-refractivity contribution is 0.0933. The molecule has 7 heteroatoms. The zero-order valence-corrected chi connectivity index (χ0v) is 12.6. The van der Waals surface area contributed by atoms with Gasteiger partial charge in [0.1, 0.15) is 17.3 Å². The van der Waals surface area contributed by atoms with Crippen molar-refractivity contribution < 1.29 is 17.8 Å². The van der Waals surface area contributed by atoms with Gasteiger partial charge in [-0.05, 0) is 31.9 Å². The number of rotatable bonds is 4. The zero-order chi connectivity index (χ0) is 15.4. The lowest BCUT2D eigenvalue weighted by Crippen LogP contribution is -2.39. The molecular formula is C14H18F2N2O2S. The summed E-state index contributed by atoms with van der Waals surface area (Å²) < 4.78 is 38.8. The van der Waals surface area contributed by atoms with Crippen LogP contribution in [0.3, 0.4) is 0 Å². The van der Waals surface area contributed by atoms with Crippen molar-refractivity contribution in [2.45, 2.75) is 25.8 Å². The Bertz CT molecular complexity index is 533. The highest BCUT2D eigenvalue weighted by molar-refractivity contribution is 7.85. The van der Waals surface area contributed by atoms with Gasteiger partial charge in [-0.25, -0.2) is 8.78 Å². The summed E-state index contributed by atoms with van der Waals surface area (Å²) in [6.45, 7) is 2.12. The molecule has 0 atom stereocenters. The SMILES string of the molecule is CCNc1c(F)cc(C(=O)NC2CCS(=O)CC2)cc1F. The molecule has 1 aliphatic heterocycles. The highest BCUT2D eigenvalue weighted by Crippen LogP contribution is 2.21. The summed E-state index contributed by atoms with van der Waals surface area (Å²) in [5.41, 5.74) is -0.263. The Hall–Kier alpha value is -1.50. The maximum atomic E-state index is 13.8. The Morgan fingerprint density at radius 3 is 2.38 bits per heavy atom. The van der Waals surface area contributed by atoms with E-state index in [9.17, 15) is 17.8 Å². The fourth-order valence-electron chi connectivity index (χ4n) is 2.26. The highest BCUT2D eigenvalue weighted by Gasteiger charge is 2.21. The molecule has 0 spiro atoms. The molecule has 1 saturated heterocycles. The monoisotopic (exact) mass is 316 g/mol. The standard InChI is InChI=1S/C14H18F2N2O2S/c1-2-17-13-11(15)7-9(8-12(13)16)14(19)18-10-3-5-21(20)6-4-10/h7-8,10,17H,2-6H2,1H3,(H,18,19). The number of hydrogen-bond donors (Lipinski definition) is 2. The van der Waals surface area contributed by atoms with Crippen molar-refractivity contribution in [2.75, 3.05) is 23.4 Å². The van der Waals surface area contributed by atoms with Crippen molar-refractivity contribution >= 4 is 22.4 Å². The third-order valence-corrected chi connectivity index (χ3v) is 4.76. The molecule has 0 unspecified atom stereocenters. The number of anilines is 1. The first-order valence-electron chi connectivity index (χ1n) is 6.90. The summed E-state index contributed by atoms with van der Waals surface area (Å²) >= 11 is 0. The molecule has 0 aliphatic carbocycles. The van der Waals surface area contributed by atoms with Gasteiger partial charge in [-0.1, -0.05) is 0 Å². The van der Waals surface area contributed by atoms with Gasteiger partial charge in [0.2, 0.25) is 0 Å². The summed E-state index contributed by atoms with van der Waals surface area (Å²) in [6.07, 6.45) is 1.25. The predicted molar refractivity (Wildman–Crippen MR) is 78.9 cm³/mol. The minimum absolute atomic E-state index is 0.0432. The lowest BCUT2D eigenvalue weighted by Gasteiger charge is -2.22. The van der Waals surface area contributed by atoms with Gasteiger partial charge in [0.25, 0.3) is 5.91 Å². The van der Waals surface area contributed by atoms with Crippen molar-refractivity contribution in [3.05, 3.63) is 29.3 Å². The van der Waals surface area contributed by atoms with E-state index in [4.69, 9.17) is 0 Å². The maximum Gasteiger partial charge on any atom is 0.251 e. The van der Waals surface area contributed by atoms with Crippen LogP contribution in [0.5, 0.6) is 0 Å².